The molecule has 3 heterocycles. The van der Waals surface area contributed by atoms with Gasteiger partial charge in [0.05, 0.1) is 11.4 Å². The fraction of sp³-hybridized carbons (Fsp3) is 0.318. The van der Waals surface area contributed by atoms with Gasteiger partial charge in [0.15, 0.2) is 0 Å². The van der Waals surface area contributed by atoms with Gasteiger partial charge in [-0.2, -0.15) is 0 Å². The topological polar surface area (TPSA) is 86.3 Å². The predicted octanol–water partition coefficient (Wildman–Crippen LogP) is 2.96. The molecule has 30 heavy (non-hydrogen) atoms. The summed E-state index contributed by atoms with van der Waals surface area (Å²) >= 11 is 0. The zero-order valence-corrected chi connectivity index (χ0v) is 16.8. The van der Waals surface area contributed by atoms with Crippen LogP contribution in [-0.4, -0.2) is 33.7 Å². The van der Waals surface area contributed by atoms with Gasteiger partial charge in [-0.3, -0.25) is 9.36 Å². The van der Waals surface area contributed by atoms with Gasteiger partial charge in [0.1, 0.15) is 17.7 Å². The number of anilines is 2. The summed E-state index contributed by atoms with van der Waals surface area (Å²) in [5.41, 5.74) is 6.79. The normalized spacial score (nSPS) is 14.7. The molecule has 1 saturated heterocycles. The number of halogens is 1. The van der Waals surface area contributed by atoms with Gasteiger partial charge in [0.25, 0.3) is 5.56 Å². The maximum atomic E-state index is 13.7. The Hall–Kier alpha value is -3.42. The van der Waals surface area contributed by atoms with Crippen molar-refractivity contribution in [2.75, 3.05) is 23.7 Å². The maximum absolute atomic E-state index is 13.7. The smallest absolute Gasteiger partial charge is 0.258 e. The van der Waals surface area contributed by atoms with Crippen molar-refractivity contribution >= 4 is 11.6 Å². The molecule has 0 atom stereocenters. The van der Waals surface area contributed by atoms with E-state index in [1.54, 1.807) is 18.3 Å². The van der Waals surface area contributed by atoms with E-state index in [1.165, 1.54) is 22.8 Å². The standard InChI is InChI=1S/C22H24FN5O2/c1-2-15-13-25-22(26-14-15)27-8-5-17(6-9-27)30-18-7-10-28(21(29)12-18)16-3-4-20(24)19(23)11-16/h3-4,7,10-14,17H,2,5-6,8-9,24H2,1H3. The molecule has 0 radical (unpaired) electrons. The van der Waals surface area contributed by atoms with Gasteiger partial charge in [-0.05, 0) is 30.2 Å². The van der Waals surface area contributed by atoms with E-state index in [9.17, 15) is 9.18 Å². The van der Waals surface area contributed by atoms with E-state index in [0.29, 0.717) is 11.4 Å². The number of aryl methyl sites for hydroxylation is 1. The van der Waals surface area contributed by atoms with Gasteiger partial charge < -0.3 is 15.4 Å². The molecule has 2 N–H and O–H groups in total. The third-order valence-electron chi connectivity index (χ3n) is 5.28. The number of ether oxygens (including phenoxy) is 1. The average Bonchev–Trinajstić information content (AvgIpc) is 2.77. The van der Waals surface area contributed by atoms with Crippen molar-refractivity contribution in [3.8, 4) is 11.4 Å². The average molecular weight is 409 g/mol. The van der Waals surface area contributed by atoms with E-state index in [2.05, 4.69) is 21.8 Å². The van der Waals surface area contributed by atoms with Crippen LogP contribution in [0.2, 0.25) is 0 Å². The Balaban J connectivity index is 1.38. The fourth-order valence-electron chi connectivity index (χ4n) is 3.47. The molecule has 0 bridgehead atoms. The second-order valence-corrected chi connectivity index (χ2v) is 7.33. The summed E-state index contributed by atoms with van der Waals surface area (Å²) in [6, 6.07) is 7.42. The SMILES string of the molecule is CCc1cnc(N2CCC(Oc3ccn(-c4ccc(N)c(F)c4)c(=O)c3)CC2)nc1. The second-order valence-electron chi connectivity index (χ2n) is 7.33. The first-order chi connectivity index (χ1) is 14.5. The Morgan fingerprint density at radius 2 is 1.90 bits per heavy atom. The molecule has 7 nitrogen and oxygen atoms in total. The predicted molar refractivity (Wildman–Crippen MR) is 114 cm³/mol. The summed E-state index contributed by atoms with van der Waals surface area (Å²) in [6.07, 6.45) is 7.87. The Labute approximate surface area is 174 Å². The van der Waals surface area contributed by atoms with Crippen molar-refractivity contribution in [1.29, 1.82) is 0 Å². The Morgan fingerprint density at radius 1 is 1.17 bits per heavy atom. The lowest BCUT2D eigenvalue weighted by molar-refractivity contribution is 0.170. The first-order valence-electron chi connectivity index (χ1n) is 10.0. The van der Waals surface area contributed by atoms with Crippen LogP contribution in [0.25, 0.3) is 5.69 Å². The number of hydrogen-bond acceptors (Lipinski definition) is 6. The lowest BCUT2D eigenvalue weighted by Gasteiger charge is -2.32. The quantitative estimate of drug-likeness (QED) is 0.652. The van der Waals surface area contributed by atoms with Gasteiger partial charge in [0, 0.05) is 56.7 Å². The summed E-state index contributed by atoms with van der Waals surface area (Å²) in [5.74, 6) is 0.693. The van der Waals surface area contributed by atoms with Crippen LogP contribution in [0.3, 0.4) is 0 Å². The highest BCUT2D eigenvalue weighted by atomic mass is 19.1. The lowest BCUT2D eigenvalue weighted by Crippen LogP contribution is -2.39. The Morgan fingerprint density at radius 3 is 2.53 bits per heavy atom. The summed E-state index contributed by atoms with van der Waals surface area (Å²) in [4.78, 5) is 23.5. The summed E-state index contributed by atoms with van der Waals surface area (Å²) < 4.78 is 21.1. The minimum atomic E-state index is -0.556. The third-order valence-corrected chi connectivity index (χ3v) is 5.28. The van der Waals surface area contributed by atoms with Gasteiger partial charge in [0.2, 0.25) is 5.95 Å². The minimum absolute atomic E-state index is 0.0142. The minimum Gasteiger partial charge on any atom is -0.490 e. The molecule has 0 saturated carbocycles. The van der Waals surface area contributed by atoms with Crippen LogP contribution < -0.4 is 20.9 Å². The zero-order chi connectivity index (χ0) is 21.1. The van der Waals surface area contributed by atoms with E-state index in [-0.39, 0.29) is 17.4 Å². The molecular weight excluding hydrogens is 385 g/mol. The number of aromatic nitrogens is 3. The van der Waals surface area contributed by atoms with Crippen molar-refractivity contribution in [2.45, 2.75) is 32.3 Å². The highest BCUT2D eigenvalue weighted by Gasteiger charge is 2.22. The van der Waals surface area contributed by atoms with E-state index in [1.807, 2.05) is 12.4 Å². The van der Waals surface area contributed by atoms with Crippen LogP contribution in [0.15, 0.2) is 53.7 Å². The number of nitrogens with two attached hydrogens (primary N) is 1. The molecule has 0 spiro atoms. The number of nitrogen functional groups attached to an aromatic ring is 1. The second kappa shape index (κ2) is 8.52. The van der Waals surface area contributed by atoms with E-state index >= 15 is 0 Å². The molecule has 3 aromatic rings. The van der Waals surface area contributed by atoms with Gasteiger partial charge in [-0.25, -0.2) is 14.4 Å². The molecule has 1 aromatic carbocycles. The van der Waals surface area contributed by atoms with Crippen LogP contribution in [0, 0.1) is 5.82 Å². The van der Waals surface area contributed by atoms with Crippen LogP contribution in [-0.2, 0) is 6.42 Å². The largest absolute Gasteiger partial charge is 0.490 e. The number of piperidine rings is 1. The van der Waals surface area contributed by atoms with Crippen molar-refractivity contribution in [3.63, 3.8) is 0 Å². The number of nitrogens with zero attached hydrogens (tertiary/aromatic N) is 4. The van der Waals surface area contributed by atoms with Crippen LogP contribution >= 0.6 is 0 Å². The molecule has 4 rings (SSSR count). The maximum Gasteiger partial charge on any atom is 0.258 e. The third kappa shape index (κ3) is 4.27. The monoisotopic (exact) mass is 409 g/mol. The lowest BCUT2D eigenvalue weighted by atomic mass is 10.1. The molecule has 1 fully saturated rings. The molecule has 0 amide bonds. The Bertz CT molecular complexity index is 1080. The van der Waals surface area contributed by atoms with E-state index in [0.717, 1.165) is 43.9 Å². The summed E-state index contributed by atoms with van der Waals surface area (Å²) in [7, 11) is 0. The van der Waals surface area contributed by atoms with Crippen molar-refractivity contribution in [3.05, 3.63) is 70.7 Å². The van der Waals surface area contributed by atoms with Crippen molar-refractivity contribution in [1.82, 2.24) is 14.5 Å². The highest BCUT2D eigenvalue weighted by molar-refractivity contribution is 5.47. The van der Waals surface area contributed by atoms with Crippen LogP contribution in [0.4, 0.5) is 16.0 Å². The first-order valence-corrected chi connectivity index (χ1v) is 10.0. The van der Waals surface area contributed by atoms with Crippen molar-refractivity contribution < 1.29 is 9.13 Å². The fourth-order valence-corrected chi connectivity index (χ4v) is 3.47. The van der Waals surface area contributed by atoms with Gasteiger partial charge >= 0.3 is 0 Å². The Kier molecular flexibility index (Phi) is 5.65. The first kappa shape index (κ1) is 19.9. The van der Waals surface area contributed by atoms with Gasteiger partial charge in [-0.1, -0.05) is 6.92 Å². The van der Waals surface area contributed by atoms with Crippen molar-refractivity contribution in [2.24, 2.45) is 0 Å². The molecule has 156 valence electrons. The molecule has 0 aliphatic carbocycles. The summed E-state index contributed by atoms with van der Waals surface area (Å²) in [6.45, 7) is 3.66. The molecule has 0 unspecified atom stereocenters. The van der Waals surface area contributed by atoms with Crippen LogP contribution in [0.1, 0.15) is 25.3 Å². The number of benzene rings is 1. The molecule has 1 aliphatic rings. The molecule has 8 heteroatoms. The van der Waals surface area contributed by atoms with Crippen LogP contribution in [0.5, 0.6) is 5.75 Å². The van der Waals surface area contributed by atoms with Gasteiger partial charge in [-0.15, -0.1) is 0 Å². The molecule has 2 aromatic heterocycles. The van der Waals surface area contributed by atoms with E-state index < -0.39 is 5.82 Å². The zero-order valence-electron chi connectivity index (χ0n) is 16.8. The summed E-state index contributed by atoms with van der Waals surface area (Å²) in [5, 5.41) is 0. The number of rotatable bonds is 5. The molecular formula is C22H24FN5O2. The number of hydrogen-bond donors (Lipinski definition) is 1. The van der Waals surface area contributed by atoms with E-state index in [4.69, 9.17) is 10.5 Å². The highest BCUT2D eigenvalue weighted by Crippen LogP contribution is 2.21. The molecule has 1 aliphatic heterocycles. The number of pyridine rings is 1.